The Morgan fingerprint density at radius 1 is 1.47 bits per heavy atom. The van der Waals surface area contributed by atoms with Crippen LogP contribution in [0.15, 0.2) is 18.2 Å². The number of carbonyl (C=O) groups is 1. The maximum atomic E-state index is 11.4. The van der Waals surface area contributed by atoms with Crippen molar-refractivity contribution in [2.45, 2.75) is 31.3 Å². The van der Waals surface area contributed by atoms with Crippen molar-refractivity contribution in [3.05, 3.63) is 29.3 Å². The van der Waals surface area contributed by atoms with E-state index in [9.17, 15) is 15.0 Å². The van der Waals surface area contributed by atoms with Gasteiger partial charge in [0.1, 0.15) is 11.3 Å². The van der Waals surface area contributed by atoms with E-state index in [4.69, 9.17) is 0 Å². The highest BCUT2D eigenvalue weighted by Gasteiger charge is 2.39. The quantitative estimate of drug-likeness (QED) is 0.780. The average Bonchev–Trinajstić information content (AvgIpc) is 3.06. The molecule has 0 radical (unpaired) electrons. The lowest BCUT2D eigenvalue weighted by Gasteiger charge is -2.09. The van der Waals surface area contributed by atoms with E-state index in [0.29, 0.717) is 12.8 Å². The summed E-state index contributed by atoms with van der Waals surface area (Å²) in [7, 11) is 1.28. The molecule has 4 heteroatoms. The van der Waals surface area contributed by atoms with E-state index in [-0.39, 0.29) is 11.3 Å². The lowest BCUT2D eigenvalue weighted by molar-refractivity contribution is 0.0597. The number of aromatic hydroxyl groups is 1. The standard InChI is InChI=1S/C13H16O4/c1-17-12(15)10-8-9(2-3-11(10)14)4-5-13(16)6-7-13/h2-3,8,14,16H,4-7H2,1H3. The van der Waals surface area contributed by atoms with Crippen LogP contribution in [0.3, 0.4) is 0 Å². The van der Waals surface area contributed by atoms with Gasteiger partial charge in [-0.1, -0.05) is 6.07 Å². The third-order valence-electron chi connectivity index (χ3n) is 3.17. The Labute approximate surface area is 99.8 Å². The minimum absolute atomic E-state index is 0.0780. The van der Waals surface area contributed by atoms with Crippen LogP contribution in [-0.4, -0.2) is 28.9 Å². The second-order valence-electron chi connectivity index (χ2n) is 4.57. The fourth-order valence-corrected chi connectivity index (χ4v) is 1.78. The van der Waals surface area contributed by atoms with Crippen molar-refractivity contribution in [3.63, 3.8) is 0 Å². The summed E-state index contributed by atoms with van der Waals surface area (Å²) in [6.07, 6.45) is 3.10. The van der Waals surface area contributed by atoms with Gasteiger partial charge in [0.2, 0.25) is 0 Å². The first-order chi connectivity index (χ1) is 8.04. The van der Waals surface area contributed by atoms with Crippen molar-refractivity contribution in [1.82, 2.24) is 0 Å². The third kappa shape index (κ3) is 2.77. The minimum Gasteiger partial charge on any atom is -0.507 e. The largest absolute Gasteiger partial charge is 0.507 e. The summed E-state index contributed by atoms with van der Waals surface area (Å²) in [5, 5.41) is 19.3. The first-order valence-electron chi connectivity index (χ1n) is 5.67. The summed E-state index contributed by atoms with van der Waals surface area (Å²) in [6.45, 7) is 0. The predicted octanol–water partition coefficient (Wildman–Crippen LogP) is 1.64. The van der Waals surface area contributed by atoms with Crippen LogP contribution in [0.5, 0.6) is 5.75 Å². The number of hydrogen-bond acceptors (Lipinski definition) is 4. The van der Waals surface area contributed by atoms with E-state index >= 15 is 0 Å². The number of ether oxygens (including phenoxy) is 1. The lowest BCUT2D eigenvalue weighted by Crippen LogP contribution is -2.08. The monoisotopic (exact) mass is 236 g/mol. The minimum atomic E-state index is -0.547. The van der Waals surface area contributed by atoms with Gasteiger partial charge in [-0.05, 0) is 43.4 Å². The lowest BCUT2D eigenvalue weighted by atomic mass is 10.0. The number of aryl methyl sites for hydroxylation is 1. The molecule has 2 N–H and O–H groups in total. The molecule has 4 nitrogen and oxygen atoms in total. The van der Waals surface area contributed by atoms with Crippen molar-refractivity contribution in [2.24, 2.45) is 0 Å². The highest BCUT2D eigenvalue weighted by atomic mass is 16.5. The molecule has 0 saturated heterocycles. The van der Waals surface area contributed by atoms with E-state index in [1.54, 1.807) is 12.1 Å². The molecule has 17 heavy (non-hydrogen) atoms. The number of esters is 1. The summed E-state index contributed by atoms with van der Waals surface area (Å²) in [5.74, 6) is -0.625. The van der Waals surface area contributed by atoms with E-state index < -0.39 is 11.6 Å². The number of phenolic OH excluding ortho intramolecular Hbond substituents is 1. The molecular weight excluding hydrogens is 220 g/mol. The van der Waals surface area contributed by atoms with E-state index in [0.717, 1.165) is 18.4 Å². The second kappa shape index (κ2) is 4.37. The Morgan fingerprint density at radius 2 is 2.18 bits per heavy atom. The van der Waals surface area contributed by atoms with Gasteiger partial charge in [0.25, 0.3) is 0 Å². The highest BCUT2D eigenvalue weighted by molar-refractivity contribution is 5.92. The van der Waals surface area contributed by atoms with Crippen LogP contribution < -0.4 is 0 Å². The molecule has 1 fully saturated rings. The van der Waals surface area contributed by atoms with Crippen molar-refractivity contribution in [1.29, 1.82) is 0 Å². The molecule has 92 valence electrons. The van der Waals surface area contributed by atoms with Crippen molar-refractivity contribution in [3.8, 4) is 5.75 Å². The van der Waals surface area contributed by atoms with E-state index in [1.807, 2.05) is 0 Å². The Bertz CT molecular complexity index is 435. The fraction of sp³-hybridized carbons (Fsp3) is 0.462. The number of carbonyl (C=O) groups excluding carboxylic acids is 1. The Kier molecular flexibility index (Phi) is 3.07. The zero-order chi connectivity index (χ0) is 12.5. The fourth-order valence-electron chi connectivity index (χ4n) is 1.78. The molecule has 1 aliphatic carbocycles. The SMILES string of the molecule is COC(=O)c1cc(CCC2(O)CC2)ccc1O. The molecule has 0 unspecified atom stereocenters. The molecule has 0 amide bonds. The normalized spacial score (nSPS) is 16.6. The molecule has 1 aromatic carbocycles. The molecule has 2 rings (SSSR count). The summed E-state index contributed by atoms with van der Waals surface area (Å²) < 4.78 is 4.58. The molecule has 0 spiro atoms. The zero-order valence-electron chi connectivity index (χ0n) is 9.77. The van der Waals surface area contributed by atoms with Crippen LogP contribution in [0, 0.1) is 0 Å². The molecule has 1 aromatic rings. The van der Waals surface area contributed by atoms with Crippen molar-refractivity contribution >= 4 is 5.97 Å². The summed E-state index contributed by atoms with van der Waals surface area (Å²) in [5.41, 5.74) is 0.597. The van der Waals surface area contributed by atoms with Crippen LogP contribution in [0.1, 0.15) is 35.2 Å². The van der Waals surface area contributed by atoms with Gasteiger partial charge >= 0.3 is 5.97 Å². The number of hydrogen-bond donors (Lipinski definition) is 2. The molecular formula is C13H16O4. The first-order valence-corrected chi connectivity index (χ1v) is 5.67. The molecule has 0 aromatic heterocycles. The van der Waals surface area contributed by atoms with Gasteiger partial charge in [-0.3, -0.25) is 0 Å². The zero-order valence-corrected chi connectivity index (χ0v) is 9.77. The van der Waals surface area contributed by atoms with Crippen LogP contribution in [0.2, 0.25) is 0 Å². The number of aliphatic hydroxyl groups is 1. The number of rotatable bonds is 4. The van der Waals surface area contributed by atoms with Gasteiger partial charge in [0.05, 0.1) is 12.7 Å². The van der Waals surface area contributed by atoms with Gasteiger partial charge in [-0.25, -0.2) is 4.79 Å². The van der Waals surface area contributed by atoms with Crippen LogP contribution in [0.25, 0.3) is 0 Å². The van der Waals surface area contributed by atoms with Crippen LogP contribution in [0.4, 0.5) is 0 Å². The molecule has 0 bridgehead atoms. The van der Waals surface area contributed by atoms with Gasteiger partial charge < -0.3 is 14.9 Å². The predicted molar refractivity (Wildman–Crippen MR) is 62.0 cm³/mol. The summed E-state index contributed by atoms with van der Waals surface area (Å²) in [4.78, 5) is 11.4. The van der Waals surface area contributed by atoms with Gasteiger partial charge in [0.15, 0.2) is 0 Å². The third-order valence-corrected chi connectivity index (χ3v) is 3.17. The number of phenols is 1. The maximum absolute atomic E-state index is 11.4. The van der Waals surface area contributed by atoms with Crippen molar-refractivity contribution < 1.29 is 19.7 Å². The topological polar surface area (TPSA) is 66.8 Å². The van der Waals surface area contributed by atoms with E-state index in [1.165, 1.54) is 13.2 Å². The molecule has 1 saturated carbocycles. The molecule has 0 aliphatic heterocycles. The molecule has 0 heterocycles. The molecule has 1 aliphatic rings. The summed E-state index contributed by atoms with van der Waals surface area (Å²) >= 11 is 0. The van der Waals surface area contributed by atoms with Crippen LogP contribution >= 0.6 is 0 Å². The van der Waals surface area contributed by atoms with Crippen molar-refractivity contribution in [2.75, 3.05) is 7.11 Å². The summed E-state index contributed by atoms with van der Waals surface area (Å²) in [6, 6.07) is 4.86. The maximum Gasteiger partial charge on any atom is 0.341 e. The highest BCUT2D eigenvalue weighted by Crippen LogP contribution is 2.39. The first kappa shape index (κ1) is 11.9. The van der Waals surface area contributed by atoms with Gasteiger partial charge in [-0.15, -0.1) is 0 Å². The average molecular weight is 236 g/mol. The Morgan fingerprint density at radius 3 is 2.76 bits per heavy atom. The van der Waals surface area contributed by atoms with E-state index in [2.05, 4.69) is 4.74 Å². The molecule has 0 atom stereocenters. The van der Waals surface area contributed by atoms with Crippen LogP contribution in [-0.2, 0) is 11.2 Å². The van der Waals surface area contributed by atoms with Gasteiger partial charge in [0, 0.05) is 0 Å². The number of methoxy groups -OCH3 is 1. The Hall–Kier alpha value is -1.55. The Balaban J connectivity index is 2.10. The van der Waals surface area contributed by atoms with Gasteiger partial charge in [-0.2, -0.15) is 0 Å². The smallest absolute Gasteiger partial charge is 0.341 e. The number of benzene rings is 1. The second-order valence-corrected chi connectivity index (χ2v) is 4.57.